The molecule has 164 valence electrons. The Morgan fingerprint density at radius 3 is 2.72 bits per heavy atom. The normalized spacial score (nSPS) is 22.5. The number of anilines is 1. The minimum Gasteiger partial charge on any atom is -0.361 e. The zero-order chi connectivity index (χ0) is 22.2. The molecule has 2 fully saturated rings. The molecule has 3 heterocycles. The fourth-order valence-corrected chi connectivity index (χ4v) is 4.67. The van der Waals surface area contributed by atoms with E-state index in [4.69, 9.17) is 0 Å². The fourth-order valence-electron chi connectivity index (χ4n) is 4.67. The van der Waals surface area contributed by atoms with E-state index in [1.807, 2.05) is 61.7 Å². The number of H-pyrrole nitrogens is 1. The molecule has 2 saturated heterocycles. The highest BCUT2D eigenvalue weighted by atomic mass is 16.2. The van der Waals surface area contributed by atoms with Gasteiger partial charge in [0.15, 0.2) is 0 Å². The van der Waals surface area contributed by atoms with Gasteiger partial charge in [0.2, 0.25) is 11.8 Å². The summed E-state index contributed by atoms with van der Waals surface area (Å²) < 4.78 is 0. The molecule has 3 aromatic rings. The van der Waals surface area contributed by atoms with Crippen LogP contribution in [0, 0.1) is 6.92 Å². The minimum atomic E-state index is -0.689. The van der Waals surface area contributed by atoms with Gasteiger partial charge in [0.25, 0.3) is 0 Å². The number of amides is 4. The Labute approximate surface area is 185 Å². The molecule has 2 aliphatic heterocycles. The predicted molar refractivity (Wildman–Crippen MR) is 121 cm³/mol. The van der Waals surface area contributed by atoms with Crippen LogP contribution < -0.4 is 16.0 Å². The maximum Gasteiger partial charge on any atom is 0.319 e. The van der Waals surface area contributed by atoms with E-state index >= 15 is 0 Å². The van der Waals surface area contributed by atoms with E-state index in [-0.39, 0.29) is 17.8 Å². The summed E-state index contributed by atoms with van der Waals surface area (Å²) in [6.07, 6.45) is 2.84. The number of piperazine rings is 1. The number of aromatic amines is 1. The molecule has 4 N–H and O–H groups in total. The Morgan fingerprint density at radius 2 is 1.91 bits per heavy atom. The summed E-state index contributed by atoms with van der Waals surface area (Å²) in [4.78, 5) is 43.3. The zero-order valence-electron chi connectivity index (χ0n) is 17.7. The van der Waals surface area contributed by atoms with Gasteiger partial charge in [0.1, 0.15) is 12.1 Å². The fraction of sp³-hybridized carbons (Fsp3) is 0.292. The first-order valence-corrected chi connectivity index (χ1v) is 10.8. The summed E-state index contributed by atoms with van der Waals surface area (Å²) in [5, 5.41) is 9.58. The molecule has 8 nitrogen and oxygen atoms in total. The Kier molecular flexibility index (Phi) is 5.05. The number of aromatic nitrogens is 1. The second-order valence-electron chi connectivity index (χ2n) is 8.46. The average molecular weight is 431 g/mol. The lowest BCUT2D eigenvalue weighted by molar-refractivity contribution is -0.147. The van der Waals surface area contributed by atoms with Crippen LogP contribution in [0.2, 0.25) is 0 Å². The molecular formula is C24H25N5O3. The zero-order valence-corrected chi connectivity index (χ0v) is 17.7. The van der Waals surface area contributed by atoms with E-state index in [1.165, 1.54) is 0 Å². The van der Waals surface area contributed by atoms with E-state index < -0.39 is 18.1 Å². The van der Waals surface area contributed by atoms with Gasteiger partial charge in [-0.15, -0.1) is 0 Å². The maximum atomic E-state index is 13.1. The van der Waals surface area contributed by atoms with Crippen molar-refractivity contribution in [3.05, 3.63) is 65.9 Å². The number of nitrogens with zero attached hydrogens (tertiary/aromatic N) is 1. The molecule has 0 radical (unpaired) electrons. The van der Waals surface area contributed by atoms with E-state index in [0.717, 1.165) is 22.0 Å². The van der Waals surface area contributed by atoms with E-state index in [2.05, 4.69) is 20.9 Å². The maximum absolute atomic E-state index is 13.1. The third kappa shape index (κ3) is 3.68. The highest BCUT2D eigenvalue weighted by Gasteiger charge is 2.48. The quantitative estimate of drug-likeness (QED) is 0.509. The summed E-state index contributed by atoms with van der Waals surface area (Å²) in [7, 11) is 0. The predicted octanol–water partition coefficient (Wildman–Crippen LogP) is 2.31. The topological polar surface area (TPSA) is 106 Å². The van der Waals surface area contributed by atoms with Gasteiger partial charge in [-0.1, -0.05) is 35.9 Å². The third-order valence-electron chi connectivity index (χ3n) is 6.29. The summed E-state index contributed by atoms with van der Waals surface area (Å²) in [6, 6.07) is 13.2. The van der Waals surface area contributed by atoms with Crippen LogP contribution >= 0.6 is 0 Å². The van der Waals surface area contributed by atoms with Crippen molar-refractivity contribution in [2.45, 2.75) is 37.9 Å². The van der Waals surface area contributed by atoms with Crippen molar-refractivity contribution >= 4 is 34.4 Å². The van der Waals surface area contributed by atoms with Crippen LogP contribution in [0.15, 0.2) is 54.7 Å². The number of para-hydroxylation sites is 1. The molecule has 2 aromatic carbocycles. The summed E-state index contributed by atoms with van der Waals surface area (Å²) in [5.74, 6) is -0.337. The first kappa shape index (κ1) is 20.1. The Hall–Kier alpha value is -3.81. The summed E-state index contributed by atoms with van der Waals surface area (Å²) >= 11 is 0. The largest absolute Gasteiger partial charge is 0.361 e. The first-order chi connectivity index (χ1) is 15.5. The number of fused-ring (bicyclic) bond motifs is 2. The molecule has 5 rings (SSSR count). The monoisotopic (exact) mass is 431 g/mol. The lowest BCUT2D eigenvalue weighted by atomic mass is 9.99. The van der Waals surface area contributed by atoms with Crippen molar-refractivity contribution in [2.75, 3.05) is 11.9 Å². The van der Waals surface area contributed by atoms with Crippen molar-refractivity contribution in [3.8, 4) is 0 Å². The van der Waals surface area contributed by atoms with Crippen molar-refractivity contribution in [2.24, 2.45) is 0 Å². The van der Waals surface area contributed by atoms with Crippen LogP contribution in [-0.4, -0.2) is 52.4 Å². The highest BCUT2D eigenvalue weighted by Crippen LogP contribution is 2.26. The number of carbonyl (C=O) groups is 3. The van der Waals surface area contributed by atoms with E-state index in [9.17, 15) is 14.4 Å². The Bertz CT molecular complexity index is 1190. The van der Waals surface area contributed by atoms with Gasteiger partial charge in [-0.25, -0.2) is 4.79 Å². The molecule has 0 saturated carbocycles. The lowest BCUT2D eigenvalue weighted by Crippen LogP contribution is -2.65. The number of benzene rings is 2. The number of aryl methyl sites for hydroxylation is 1. The standard InChI is InChI=1S/C24H25N5O3/c1-14-6-8-16(9-7-14)26-24(32)28-19-10-11-29-21(19)22(30)27-20(23(29)31)12-15-13-25-18-5-3-2-4-17(15)18/h2-9,13,19-21,25H,10-12H2,1H3,(H,27,30)(H2,26,28,32). The smallest absolute Gasteiger partial charge is 0.319 e. The lowest BCUT2D eigenvalue weighted by Gasteiger charge is -2.36. The van der Waals surface area contributed by atoms with Gasteiger partial charge >= 0.3 is 6.03 Å². The van der Waals surface area contributed by atoms with Gasteiger partial charge in [0.05, 0.1) is 6.04 Å². The molecule has 8 heteroatoms. The van der Waals surface area contributed by atoms with Crippen LogP contribution in [0.5, 0.6) is 0 Å². The Morgan fingerprint density at radius 1 is 1.12 bits per heavy atom. The molecule has 4 amide bonds. The minimum absolute atomic E-state index is 0.108. The molecule has 0 aliphatic carbocycles. The number of carbonyl (C=O) groups excluding carboxylic acids is 3. The van der Waals surface area contributed by atoms with Crippen LogP contribution in [0.3, 0.4) is 0 Å². The van der Waals surface area contributed by atoms with Crippen molar-refractivity contribution in [1.82, 2.24) is 20.5 Å². The van der Waals surface area contributed by atoms with Crippen LogP contribution in [0.25, 0.3) is 10.9 Å². The second kappa shape index (κ2) is 8.03. The van der Waals surface area contributed by atoms with Gasteiger partial charge in [-0.3, -0.25) is 9.59 Å². The number of hydrogen-bond acceptors (Lipinski definition) is 3. The molecule has 0 bridgehead atoms. The van der Waals surface area contributed by atoms with Crippen LogP contribution in [-0.2, 0) is 16.0 Å². The Balaban J connectivity index is 1.25. The molecule has 32 heavy (non-hydrogen) atoms. The number of nitrogens with one attached hydrogen (secondary N) is 4. The molecule has 0 spiro atoms. The van der Waals surface area contributed by atoms with Gasteiger partial charge in [-0.05, 0) is 37.1 Å². The summed E-state index contributed by atoms with van der Waals surface area (Å²) in [5.41, 5.74) is 3.76. The van der Waals surface area contributed by atoms with Gasteiger partial charge in [-0.2, -0.15) is 0 Å². The van der Waals surface area contributed by atoms with E-state index in [0.29, 0.717) is 25.1 Å². The van der Waals surface area contributed by atoms with Crippen LogP contribution in [0.1, 0.15) is 17.5 Å². The van der Waals surface area contributed by atoms with Crippen molar-refractivity contribution in [3.63, 3.8) is 0 Å². The average Bonchev–Trinajstić information content (AvgIpc) is 3.38. The van der Waals surface area contributed by atoms with E-state index in [1.54, 1.807) is 4.90 Å². The molecule has 1 aromatic heterocycles. The number of hydrogen-bond donors (Lipinski definition) is 4. The van der Waals surface area contributed by atoms with Gasteiger partial charge < -0.3 is 25.8 Å². The SMILES string of the molecule is Cc1ccc(NC(=O)NC2CCN3C(=O)C(Cc4c[nH]c5ccccc45)NC(=O)C23)cc1. The molecule has 3 atom stereocenters. The molecule has 2 aliphatic rings. The second-order valence-corrected chi connectivity index (χ2v) is 8.46. The summed E-state index contributed by atoms with van der Waals surface area (Å²) in [6.45, 7) is 2.41. The first-order valence-electron chi connectivity index (χ1n) is 10.8. The number of urea groups is 1. The van der Waals surface area contributed by atoms with Crippen molar-refractivity contribution < 1.29 is 14.4 Å². The molecular weight excluding hydrogens is 406 g/mol. The number of rotatable bonds is 4. The molecule has 3 unspecified atom stereocenters. The van der Waals surface area contributed by atoms with Crippen LogP contribution in [0.4, 0.5) is 10.5 Å². The van der Waals surface area contributed by atoms with Gasteiger partial charge in [0, 0.05) is 35.8 Å². The third-order valence-corrected chi connectivity index (χ3v) is 6.29. The highest BCUT2D eigenvalue weighted by molar-refractivity contribution is 5.99. The van der Waals surface area contributed by atoms with Crippen molar-refractivity contribution in [1.29, 1.82) is 0 Å².